The van der Waals surface area contributed by atoms with Crippen LogP contribution in [0.25, 0.3) is 75.1 Å². The van der Waals surface area contributed by atoms with Gasteiger partial charge in [0, 0.05) is 42.2 Å². The lowest BCUT2D eigenvalue weighted by molar-refractivity contribution is 0.669. The van der Waals surface area contributed by atoms with E-state index in [1.807, 2.05) is 23.5 Å². The van der Waals surface area contributed by atoms with Gasteiger partial charge < -0.3 is 9.32 Å². The van der Waals surface area contributed by atoms with Crippen molar-refractivity contribution in [2.45, 2.75) is 0 Å². The summed E-state index contributed by atoms with van der Waals surface area (Å²) in [5, 5.41) is 7.22. The number of benzene rings is 8. The first-order valence-corrected chi connectivity index (χ1v) is 17.4. The smallest absolute Gasteiger partial charge is 0.135 e. The average Bonchev–Trinajstić information content (AvgIpc) is 3.74. The van der Waals surface area contributed by atoms with Crippen molar-refractivity contribution in [1.82, 2.24) is 0 Å². The van der Waals surface area contributed by atoms with Gasteiger partial charge in [-0.05, 0) is 82.1 Å². The van der Waals surface area contributed by atoms with Gasteiger partial charge in [-0.3, -0.25) is 0 Å². The van der Waals surface area contributed by atoms with Crippen LogP contribution in [-0.2, 0) is 0 Å². The van der Waals surface area contributed by atoms with Gasteiger partial charge in [0.1, 0.15) is 11.2 Å². The van der Waals surface area contributed by atoms with Gasteiger partial charge in [-0.15, -0.1) is 11.3 Å². The lowest BCUT2D eigenvalue weighted by Gasteiger charge is -2.29. The fourth-order valence-corrected chi connectivity index (χ4v) is 8.46. The van der Waals surface area contributed by atoms with Crippen molar-refractivity contribution in [3.8, 4) is 22.3 Å². The van der Waals surface area contributed by atoms with Crippen LogP contribution < -0.4 is 4.90 Å². The van der Waals surface area contributed by atoms with Gasteiger partial charge in [0.15, 0.2) is 0 Å². The van der Waals surface area contributed by atoms with Crippen molar-refractivity contribution >= 4 is 81.3 Å². The van der Waals surface area contributed by atoms with Crippen LogP contribution in [0, 0.1) is 0 Å². The zero-order valence-corrected chi connectivity index (χ0v) is 27.3. The first-order valence-electron chi connectivity index (χ1n) is 16.6. The summed E-state index contributed by atoms with van der Waals surface area (Å²) in [6.45, 7) is 0. The molecule has 0 amide bonds. The number of fused-ring (bicyclic) bond motifs is 7. The van der Waals surface area contributed by atoms with E-state index in [9.17, 15) is 0 Å². The Bertz CT molecular complexity index is 2840. The summed E-state index contributed by atoms with van der Waals surface area (Å²) in [7, 11) is 0. The quantitative estimate of drug-likeness (QED) is 0.186. The molecule has 2 aromatic heterocycles. The standard InChI is InChI=1S/C46H29NOS/c1-2-12-31(13-3-1)36-25-23-34(33-22-21-30-11-4-5-14-32(30)27-33)28-41(36)47(35-24-26-43-39(29-35)37-15-6-8-18-42(37)48-43)40-17-10-20-45-46(40)38-16-7-9-19-44(38)49-45/h1-29H. The van der Waals surface area contributed by atoms with Crippen molar-refractivity contribution in [2.24, 2.45) is 0 Å². The van der Waals surface area contributed by atoms with Gasteiger partial charge >= 0.3 is 0 Å². The Kier molecular flexibility index (Phi) is 6.39. The third-order valence-corrected chi connectivity index (χ3v) is 10.8. The maximum absolute atomic E-state index is 6.30. The Morgan fingerprint density at radius 2 is 1.12 bits per heavy atom. The molecule has 230 valence electrons. The summed E-state index contributed by atoms with van der Waals surface area (Å²) in [6.07, 6.45) is 0. The van der Waals surface area contributed by atoms with Crippen molar-refractivity contribution in [1.29, 1.82) is 0 Å². The monoisotopic (exact) mass is 643 g/mol. The number of hydrogen-bond acceptors (Lipinski definition) is 3. The van der Waals surface area contributed by atoms with E-state index >= 15 is 0 Å². The molecule has 2 nitrogen and oxygen atoms in total. The Balaban J connectivity index is 1.30. The first-order chi connectivity index (χ1) is 24.3. The van der Waals surface area contributed by atoms with Crippen molar-refractivity contribution < 1.29 is 4.42 Å². The molecule has 0 bridgehead atoms. The molecule has 0 aliphatic rings. The summed E-state index contributed by atoms with van der Waals surface area (Å²) in [4.78, 5) is 2.47. The number of furan rings is 1. The van der Waals surface area contributed by atoms with E-state index in [2.05, 4.69) is 169 Å². The molecule has 10 rings (SSSR count). The minimum atomic E-state index is 0.886. The van der Waals surface area contributed by atoms with E-state index in [-0.39, 0.29) is 0 Å². The fourth-order valence-electron chi connectivity index (χ4n) is 7.33. The molecule has 0 aliphatic carbocycles. The Hall–Kier alpha value is -6.16. The number of rotatable bonds is 5. The first kappa shape index (κ1) is 27.9. The number of para-hydroxylation sites is 1. The maximum Gasteiger partial charge on any atom is 0.135 e. The molecule has 0 radical (unpaired) electrons. The summed E-state index contributed by atoms with van der Waals surface area (Å²) in [6, 6.07) is 63.4. The molecule has 0 spiro atoms. The van der Waals surface area contributed by atoms with E-state index in [4.69, 9.17) is 4.42 Å². The van der Waals surface area contributed by atoms with Crippen molar-refractivity contribution in [3.05, 3.63) is 176 Å². The predicted octanol–water partition coefficient (Wildman–Crippen LogP) is 13.9. The zero-order chi connectivity index (χ0) is 32.3. The highest BCUT2D eigenvalue weighted by Crippen LogP contribution is 2.49. The summed E-state index contributed by atoms with van der Waals surface area (Å²) in [5.74, 6) is 0. The van der Waals surface area contributed by atoms with Crippen LogP contribution in [0.3, 0.4) is 0 Å². The molecule has 0 atom stereocenters. The van der Waals surface area contributed by atoms with Gasteiger partial charge in [-0.2, -0.15) is 0 Å². The van der Waals surface area contributed by atoms with Crippen molar-refractivity contribution in [3.63, 3.8) is 0 Å². The molecule has 2 heterocycles. The van der Waals surface area contributed by atoms with Gasteiger partial charge in [-0.1, -0.05) is 121 Å². The van der Waals surface area contributed by atoms with Crippen LogP contribution in [-0.4, -0.2) is 0 Å². The molecule has 10 aromatic rings. The Morgan fingerprint density at radius 1 is 0.408 bits per heavy atom. The number of nitrogens with zero attached hydrogens (tertiary/aromatic N) is 1. The highest BCUT2D eigenvalue weighted by atomic mass is 32.1. The molecule has 0 N–H and O–H groups in total. The van der Waals surface area contributed by atoms with E-state index in [1.165, 1.54) is 53.2 Å². The fraction of sp³-hybridized carbons (Fsp3) is 0. The SMILES string of the molecule is c1ccc(-c2ccc(-c3ccc4ccccc4c3)cc2N(c2ccc3oc4ccccc4c3c2)c2cccc3sc4ccccc4c23)cc1. The minimum absolute atomic E-state index is 0.886. The van der Waals surface area contributed by atoms with Crippen LogP contribution >= 0.6 is 11.3 Å². The zero-order valence-electron chi connectivity index (χ0n) is 26.5. The van der Waals surface area contributed by atoms with Gasteiger partial charge in [0.2, 0.25) is 0 Å². The van der Waals surface area contributed by atoms with Crippen molar-refractivity contribution in [2.75, 3.05) is 4.90 Å². The van der Waals surface area contributed by atoms with E-state index in [0.717, 1.165) is 39.0 Å². The minimum Gasteiger partial charge on any atom is -0.456 e. The molecular formula is C46H29NOS. The molecule has 49 heavy (non-hydrogen) atoms. The second-order valence-corrected chi connectivity index (χ2v) is 13.6. The number of anilines is 3. The van der Waals surface area contributed by atoms with Crippen LogP contribution in [0.5, 0.6) is 0 Å². The van der Waals surface area contributed by atoms with Crippen LogP contribution in [0.4, 0.5) is 17.1 Å². The van der Waals surface area contributed by atoms with Crippen LogP contribution in [0.15, 0.2) is 180 Å². The third kappa shape index (κ3) is 4.62. The van der Waals surface area contributed by atoms with E-state index < -0.39 is 0 Å². The molecule has 0 saturated carbocycles. The molecule has 0 unspecified atom stereocenters. The van der Waals surface area contributed by atoms with E-state index in [0.29, 0.717) is 0 Å². The second-order valence-electron chi connectivity index (χ2n) is 12.5. The van der Waals surface area contributed by atoms with Gasteiger partial charge in [0.25, 0.3) is 0 Å². The van der Waals surface area contributed by atoms with Gasteiger partial charge in [0.05, 0.1) is 11.4 Å². The Labute approximate surface area is 287 Å². The third-order valence-electron chi connectivity index (χ3n) is 9.65. The summed E-state index contributed by atoms with van der Waals surface area (Å²) >= 11 is 1.85. The molecular weight excluding hydrogens is 615 g/mol. The lowest BCUT2D eigenvalue weighted by Crippen LogP contribution is -2.12. The van der Waals surface area contributed by atoms with Crippen LogP contribution in [0.1, 0.15) is 0 Å². The highest BCUT2D eigenvalue weighted by Gasteiger charge is 2.23. The largest absolute Gasteiger partial charge is 0.456 e. The number of hydrogen-bond donors (Lipinski definition) is 0. The molecule has 8 aromatic carbocycles. The van der Waals surface area contributed by atoms with Gasteiger partial charge in [-0.25, -0.2) is 0 Å². The van der Waals surface area contributed by atoms with Crippen LogP contribution in [0.2, 0.25) is 0 Å². The number of thiophene rings is 1. The summed E-state index contributed by atoms with van der Waals surface area (Å²) in [5.41, 5.74) is 9.82. The predicted molar refractivity (Wildman–Crippen MR) is 210 cm³/mol. The highest BCUT2D eigenvalue weighted by molar-refractivity contribution is 7.26. The summed E-state index contributed by atoms with van der Waals surface area (Å²) < 4.78 is 8.86. The average molecular weight is 644 g/mol. The topological polar surface area (TPSA) is 16.4 Å². The molecule has 3 heteroatoms. The molecule has 0 saturated heterocycles. The normalized spacial score (nSPS) is 11.7. The maximum atomic E-state index is 6.30. The molecule has 0 aliphatic heterocycles. The van der Waals surface area contributed by atoms with E-state index in [1.54, 1.807) is 0 Å². The molecule has 0 fully saturated rings. The lowest BCUT2D eigenvalue weighted by atomic mass is 9.95. The second kappa shape index (κ2) is 11.2. The Morgan fingerprint density at radius 3 is 2.04 bits per heavy atom.